The second-order valence-electron chi connectivity index (χ2n) is 8.13. The van der Waals surface area contributed by atoms with E-state index in [9.17, 15) is 9.59 Å². The van der Waals surface area contributed by atoms with E-state index < -0.39 is 5.37 Å². The molecule has 1 unspecified atom stereocenters. The van der Waals surface area contributed by atoms with E-state index in [1.807, 2.05) is 62.4 Å². The monoisotopic (exact) mass is 498 g/mol. The van der Waals surface area contributed by atoms with Crippen LogP contribution in [0.3, 0.4) is 0 Å². The number of hydrogen-bond donors (Lipinski definition) is 2. The number of thioether (sulfide) groups is 1. The summed E-state index contributed by atoms with van der Waals surface area (Å²) in [4.78, 5) is 34.4. The van der Waals surface area contributed by atoms with Crippen LogP contribution in [0, 0.1) is 13.8 Å². The van der Waals surface area contributed by atoms with Crippen molar-refractivity contribution in [2.75, 3.05) is 11.9 Å². The lowest BCUT2D eigenvalue weighted by Gasteiger charge is -2.20. The van der Waals surface area contributed by atoms with Crippen LogP contribution >= 0.6 is 11.8 Å². The molecule has 2 aromatic heterocycles. The lowest BCUT2D eigenvalue weighted by Crippen LogP contribution is -2.31. The second kappa shape index (κ2) is 12.0. The van der Waals surface area contributed by atoms with Gasteiger partial charge in [0, 0.05) is 24.3 Å². The summed E-state index contributed by atoms with van der Waals surface area (Å²) < 4.78 is 5.59. The number of para-hydroxylation sites is 1. The quantitative estimate of drug-likeness (QED) is 0.239. The second-order valence-corrected chi connectivity index (χ2v) is 9.23. The zero-order valence-electron chi connectivity index (χ0n) is 20.0. The van der Waals surface area contributed by atoms with Gasteiger partial charge in [0.1, 0.15) is 16.1 Å². The van der Waals surface area contributed by atoms with Gasteiger partial charge >= 0.3 is 0 Å². The Balaban J connectivity index is 1.52. The van der Waals surface area contributed by atoms with E-state index in [1.54, 1.807) is 42.9 Å². The van der Waals surface area contributed by atoms with Gasteiger partial charge in [-0.3, -0.25) is 14.6 Å². The van der Waals surface area contributed by atoms with Crippen LogP contribution in [0.25, 0.3) is 0 Å². The topological polar surface area (TPSA) is 93.2 Å². The van der Waals surface area contributed by atoms with Crippen molar-refractivity contribution >= 4 is 29.3 Å². The fraction of sp³-hybridized carbons (Fsp3) is 0.143. The van der Waals surface area contributed by atoms with Gasteiger partial charge in [0.25, 0.3) is 11.8 Å². The molecule has 0 saturated heterocycles. The van der Waals surface area contributed by atoms with Gasteiger partial charge in [-0.15, -0.1) is 0 Å². The number of carbonyl (C=O) groups excluding carboxylic acids is 2. The molecule has 0 aliphatic rings. The SMILES string of the molecule is Cc1cc(C)cc(NC(=O)c2cccnc2SC(NC(=O)COc2ccccc2)c2ccncc2)c1. The molecule has 0 aliphatic heterocycles. The summed E-state index contributed by atoms with van der Waals surface area (Å²) in [6.07, 6.45) is 4.93. The molecule has 0 spiro atoms. The first kappa shape index (κ1) is 24.9. The number of amides is 2. The van der Waals surface area contributed by atoms with E-state index >= 15 is 0 Å². The molecule has 0 saturated carbocycles. The Hall–Kier alpha value is -4.17. The Labute approximate surface area is 214 Å². The summed E-state index contributed by atoms with van der Waals surface area (Å²) in [5.41, 5.74) is 4.06. The van der Waals surface area contributed by atoms with Gasteiger partial charge in [-0.25, -0.2) is 4.98 Å². The number of nitrogens with one attached hydrogen (secondary N) is 2. The zero-order valence-corrected chi connectivity index (χ0v) is 20.8. The molecule has 4 aromatic rings. The summed E-state index contributed by atoms with van der Waals surface area (Å²) >= 11 is 1.28. The molecule has 7 nitrogen and oxygen atoms in total. The largest absolute Gasteiger partial charge is 0.484 e. The standard InChI is InChI=1S/C28H26N4O3S/c1-19-15-20(2)17-22(16-19)31-26(34)24-9-6-12-30-28(24)36-27(21-10-13-29-14-11-21)32-25(33)18-35-23-7-4-3-5-8-23/h3-17,27H,18H2,1-2H3,(H,31,34)(H,32,33). The maximum Gasteiger partial charge on any atom is 0.259 e. The highest BCUT2D eigenvalue weighted by Crippen LogP contribution is 2.34. The summed E-state index contributed by atoms with van der Waals surface area (Å²) in [6.45, 7) is 3.82. The van der Waals surface area contributed by atoms with Crippen LogP contribution in [0.1, 0.15) is 32.4 Å². The van der Waals surface area contributed by atoms with Crippen molar-refractivity contribution in [3.8, 4) is 5.75 Å². The Kier molecular flexibility index (Phi) is 8.31. The molecular formula is C28H26N4O3S. The number of carbonyl (C=O) groups is 2. The molecular weight excluding hydrogens is 472 g/mol. The fourth-order valence-electron chi connectivity index (χ4n) is 3.59. The van der Waals surface area contributed by atoms with Gasteiger partial charge in [0.2, 0.25) is 0 Å². The van der Waals surface area contributed by atoms with Gasteiger partial charge in [-0.05, 0) is 79.1 Å². The summed E-state index contributed by atoms with van der Waals surface area (Å²) in [5.74, 6) is 0.0315. The zero-order chi connectivity index (χ0) is 25.3. The fourth-order valence-corrected chi connectivity index (χ4v) is 4.70. The van der Waals surface area contributed by atoms with Gasteiger partial charge in [-0.2, -0.15) is 0 Å². The number of pyridine rings is 2. The smallest absolute Gasteiger partial charge is 0.259 e. The van der Waals surface area contributed by atoms with E-state index in [2.05, 4.69) is 20.6 Å². The van der Waals surface area contributed by atoms with Gasteiger partial charge in [0.15, 0.2) is 6.61 Å². The average molecular weight is 499 g/mol. The van der Waals surface area contributed by atoms with Crippen molar-refractivity contribution in [1.29, 1.82) is 0 Å². The number of aromatic nitrogens is 2. The minimum absolute atomic E-state index is 0.144. The predicted octanol–water partition coefficient (Wildman–Crippen LogP) is 5.33. The van der Waals surface area contributed by atoms with Crippen molar-refractivity contribution in [2.45, 2.75) is 24.2 Å². The third-order valence-electron chi connectivity index (χ3n) is 5.14. The van der Waals surface area contributed by atoms with E-state index in [1.165, 1.54) is 11.8 Å². The van der Waals surface area contributed by atoms with Crippen molar-refractivity contribution in [3.63, 3.8) is 0 Å². The molecule has 36 heavy (non-hydrogen) atoms. The highest BCUT2D eigenvalue weighted by Gasteiger charge is 2.21. The molecule has 2 heterocycles. The first-order valence-corrected chi connectivity index (χ1v) is 12.2. The molecule has 4 rings (SSSR count). The predicted molar refractivity (Wildman–Crippen MR) is 141 cm³/mol. The summed E-state index contributed by atoms with van der Waals surface area (Å²) in [6, 6.07) is 22.1. The number of nitrogens with zero attached hydrogens (tertiary/aromatic N) is 2. The third kappa shape index (κ3) is 6.93. The van der Waals surface area contributed by atoms with Crippen molar-refractivity contribution in [1.82, 2.24) is 15.3 Å². The highest BCUT2D eigenvalue weighted by atomic mass is 32.2. The summed E-state index contributed by atoms with van der Waals surface area (Å²) in [7, 11) is 0. The molecule has 0 aliphatic carbocycles. The molecule has 0 radical (unpaired) electrons. The lowest BCUT2D eigenvalue weighted by molar-refractivity contribution is -0.123. The van der Waals surface area contributed by atoms with E-state index in [0.717, 1.165) is 16.7 Å². The Morgan fingerprint density at radius 3 is 2.36 bits per heavy atom. The number of hydrogen-bond acceptors (Lipinski definition) is 6. The average Bonchev–Trinajstić information content (AvgIpc) is 2.88. The lowest BCUT2D eigenvalue weighted by atomic mass is 10.1. The van der Waals surface area contributed by atoms with Gasteiger partial charge in [-0.1, -0.05) is 36.0 Å². The van der Waals surface area contributed by atoms with Crippen molar-refractivity contribution in [3.05, 3.63) is 114 Å². The Morgan fingerprint density at radius 2 is 1.64 bits per heavy atom. The molecule has 0 bridgehead atoms. The van der Waals surface area contributed by atoms with Crippen LogP contribution in [0.4, 0.5) is 5.69 Å². The minimum atomic E-state index is -0.512. The molecule has 0 fully saturated rings. The highest BCUT2D eigenvalue weighted by molar-refractivity contribution is 7.99. The molecule has 1 atom stereocenters. The maximum absolute atomic E-state index is 13.2. The van der Waals surface area contributed by atoms with Crippen LogP contribution in [-0.2, 0) is 4.79 Å². The molecule has 2 N–H and O–H groups in total. The maximum atomic E-state index is 13.2. The third-order valence-corrected chi connectivity index (χ3v) is 6.31. The van der Waals surface area contributed by atoms with Crippen LogP contribution < -0.4 is 15.4 Å². The first-order chi connectivity index (χ1) is 17.5. The van der Waals surface area contributed by atoms with Crippen molar-refractivity contribution < 1.29 is 14.3 Å². The summed E-state index contributed by atoms with van der Waals surface area (Å²) in [5, 5.41) is 5.92. The number of ether oxygens (including phenoxy) is 1. The van der Waals surface area contributed by atoms with Gasteiger partial charge < -0.3 is 15.4 Å². The van der Waals surface area contributed by atoms with Crippen LogP contribution in [0.5, 0.6) is 5.75 Å². The number of aryl methyl sites for hydroxylation is 2. The van der Waals surface area contributed by atoms with E-state index in [-0.39, 0.29) is 18.4 Å². The van der Waals surface area contributed by atoms with Crippen LogP contribution in [-0.4, -0.2) is 28.4 Å². The number of rotatable bonds is 9. The van der Waals surface area contributed by atoms with E-state index in [0.29, 0.717) is 22.0 Å². The Bertz CT molecular complexity index is 1310. The molecule has 8 heteroatoms. The van der Waals surface area contributed by atoms with Crippen molar-refractivity contribution in [2.24, 2.45) is 0 Å². The molecule has 182 valence electrons. The molecule has 2 amide bonds. The Morgan fingerprint density at radius 1 is 0.917 bits per heavy atom. The number of anilines is 1. The minimum Gasteiger partial charge on any atom is -0.484 e. The number of benzene rings is 2. The van der Waals surface area contributed by atoms with E-state index in [4.69, 9.17) is 4.74 Å². The van der Waals surface area contributed by atoms with Crippen LogP contribution in [0.15, 0.2) is 96.4 Å². The normalized spacial score (nSPS) is 11.4. The molecule has 2 aromatic carbocycles. The first-order valence-electron chi connectivity index (χ1n) is 11.4. The van der Waals surface area contributed by atoms with Gasteiger partial charge in [0.05, 0.1) is 5.56 Å². The van der Waals surface area contributed by atoms with Crippen LogP contribution in [0.2, 0.25) is 0 Å².